The number of hydrogen-bond donors (Lipinski definition) is 0. The van der Waals surface area contributed by atoms with Crippen LogP contribution in [-0.4, -0.2) is 23.3 Å². The molecule has 0 aliphatic rings. The van der Waals surface area contributed by atoms with Crippen LogP contribution in [0.2, 0.25) is 0 Å². The number of carbonyl (C=O) groups is 1. The molecule has 0 unspecified atom stereocenters. The van der Waals surface area contributed by atoms with Crippen LogP contribution >= 0.6 is 0 Å². The van der Waals surface area contributed by atoms with Gasteiger partial charge in [-0.15, -0.1) is 0 Å². The Morgan fingerprint density at radius 2 is 1.90 bits per heavy atom. The zero-order valence-corrected chi connectivity index (χ0v) is 12.7. The van der Waals surface area contributed by atoms with E-state index in [4.69, 9.17) is 0 Å². The lowest BCUT2D eigenvalue weighted by molar-refractivity contribution is -0.384. The van der Waals surface area contributed by atoms with Crippen molar-refractivity contribution in [2.45, 2.75) is 40.7 Å². The fourth-order valence-corrected chi connectivity index (χ4v) is 2.15. The molecule has 0 amide bonds. The zero-order valence-electron chi connectivity index (χ0n) is 12.7. The Bertz CT molecular complexity index is 510. The first-order valence-corrected chi connectivity index (χ1v) is 6.80. The molecule has 0 N–H and O–H groups in total. The number of nitrogens with zero attached hydrogens (tertiary/aromatic N) is 2. The molecule has 0 atom stereocenters. The van der Waals surface area contributed by atoms with Crippen molar-refractivity contribution >= 4 is 17.2 Å². The van der Waals surface area contributed by atoms with E-state index in [0.29, 0.717) is 11.5 Å². The molecule has 0 aliphatic heterocycles. The van der Waals surface area contributed by atoms with Gasteiger partial charge in [-0.25, -0.2) is 0 Å². The Balaban J connectivity index is 3.33. The number of nitro benzene ring substituents is 1. The minimum absolute atomic E-state index is 0.0489. The van der Waals surface area contributed by atoms with E-state index in [1.54, 1.807) is 6.07 Å². The summed E-state index contributed by atoms with van der Waals surface area (Å²) in [5.74, 6) is 0.283. The van der Waals surface area contributed by atoms with Crippen molar-refractivity contribution in [1.29, 1.82) is 0 Å². The van der Waals surface area contributed by atoms with Gasteiger partial charge in [-0.3, -0.25) is 14.9 Å². The van der Waals surface area contributed by atoms with E-state index in [1.807, 2.05) is 13.8 Å². The Labute approximate surface area is 119 Å². The first-order chi connectivity index (χ1) is 9.23. The molecule has 0 bridgehead atoms. The molecule has 5 heteroatoms. The zero-order chi connectivity index (χ0) is 15.4. The molecule has 0 spiro atoms. The molecule has 0 saturated heterocycles. The molecule has 0 heterocycles. The number of anilines is 1. The third-order valence-corrected chi connectivity index (χ3v) is 3.06. The maximum atomic E-state index is 11.8. The summed E-state index contributed by atoms with van der Waals surface area (Å²) in [6.45, 7) is 10.6. The maximum Gasteiger partial charge on any atom is 0.270 e. The Hall–Kier alpha value is -1.91. The van der Waals surface area contributed by atoms with E-state index in [0.717, 1.165) is 12.2 Å². The third kappa shape index (κ3) is 3.79. The fraction of sp³-hybridized carbons (Fsp3) is 0.533. The molecule has 0 aliphatic carbocycles. The Morgan fingerprint density at radius 3 is 2.30 bits per heavy atom. The number of benzene rings is 1. The third-order valence-electron chi connectivity index (χ3n) is 3.06. The number of hydrogen-bond acceptors (Lipinski definition) is 4. The average Bonchev–Trinajstić information content (AvgIpc) is 2.34. The molecule has 0 radical (unpaired) electrons. The van der Waals surface area contributed by atoms with Gasteiger partial charge in [0, 0.05) is 36.0 Å². The van der Waals surface area contributed by atoms with Gasteiger partial charge in [-0.05, 0) is 32.8 Å². The standard InChI is InChI=1S/C15H22N2O3/c1-10(2)9-16(11(3)4)15-7-6-13(17(19)20)8-14(15)12(5)18/h6-8,10-11H,9H2,1-5H3. The van der Waals surface area contributed by atoms with Crippen LogP contribution in [0, 0.1) is 16.0 Å². The van der Waals surface area contributed by atoms with Crippen molar-refractivity contribution in [1.82, 2.24) is 0 Å². The van der Waals surface area contributed by atoms with Crippen LogP contribution in [0.15, 0.2) is 18.2 Å². The van der Waals surface area contributed by atoms with Crippen LogP contribution in [0.4, 0.5) is 11.4 Å². The summed E-state index contributed by atoms with van der Waals surface area (Å²) < 4.78 is 0. The molecular weight excluding hydrogens is 256 g/mol. The van der Waals surface area contributed by atoms with Crippen molar-refractivity contribution in [3.8, 4) is 0 Å². The molecule has 1 rings (SSSR count). The van der Waals surface area contributed by atoms with Gasteiger partial charge < -0.3 is 4.90 Å². The minimum Gasteiger partial charge on any atom is -0.368 e. The van der Waals surface area contributed by atoms with Gasteiger partial charge in [-0.2, -0.15) is 0 Å². The van der Waals surface area contributed by atoms with Crippen molar-refractivity contribution in [3.63, 3.8) is 0 Å². The summed E-state index contributed by atoms with van der Waals surface area (Å²) in [5, 5.41) is 10.8. The number of carbonyl (C=O) groups excluding carboxylic acids is 1. The fourth-order valence-electron chi connectivity index (χ4n) is 2.15. The molecule has 110 valence electrons. The minimum atomic E-state index is -0.474. The smallest absolute Gasteiger partial charge is 0.270 e. The van der Waals surface area contributed by atoms with E-state index in [9.17, 15) is 14.9 Å². The van der Waals surface area contributed by atoms with Gasteiger partial charge in [0.2, 0.25) is 0 Å². The highest BCUT2D eigenvalue weighted by Gasteiger charge is 2.20. The van der Waals surface area contributed by atoms with Gasteiger partial charge in [-0.1, -0.05) is 13.8 Å². The molecular formula is C15H22N2O3. The summed E-state index contributed by atoms with van der Waals surface area (Å²) in [6.07, 6.45) is 0. The van der Waals surface area contributed by atoms with Gasteiger partial charge in [0.1, 0.15) is 0 Å². The Morgan fingerprint density at radius 1 is 1.30 bits per heavy atom. The highest BCUT2D eigenvalue weighted by molar-refractivity contribution is 6.00. The van der Waals surface area contributed by atoms with Crippen molar-refractivity contribution in [2.75, 3.05) is 11.4 Å². The maximum absolute atomic E-state index is 11.8. The molecule has 5 nitrogen and oxygen atoms in total. The van der Waals surface area contributed by atoms with Crippen LogP contribution in [0.3, 0.4) is 0 Å². The number of Topliss-reactive ketones (excluding diaryl/α,β-unsaturated/α-hetero) is 1. The lowest BCUT2D eigenvalue weighted by Crippen LogP contribution is -2.35. The number of nitro groups is 1. The lowest BCUT2D eigenvalue weighted by atomic mass is 10.0. The predicted octanol–water partition coefficient (Wildman–Crippen LogP) is 3.67. The van der Waals surface area contributed by atoms with Crippen molar-refractivity contribution in [3.05, 3.63) is 33.9 Å². The van der Waals surface area contributed by atoms with Crippen LogP contribution < -0.4 is 4.90 Å². The van der Waals surface area contributed by atoms with E-state index in [2.05, 4.69) is 18.7 Å². The molecule has 0 fully saturated rings. The summed E-state index contributed by atoms with van der Waals surface area (Å²) in [7, 11) is 0. The van der Waals surface area contributed by atoms with Gasteiger partial charge in [0.05, 0.1) is 4.92 Å². The largest absolute Gasteiger partial charge is 0.368 e. The van der Waals surface area contributed by atoms with Gasteiger partial charge in [0.15, 0.2) is 5.78 Å². The van der Waals surface area contributed by atoms with Crippen LogP contribution in [0.1, 0.15) is 45.0 Å². The van der Waals surface area contributed by atoms with E-state index >= 15 is 0 Å². The first kappa shape index (κ1) is 16.1. The van der Waals surface area contributed by atoms with Crippen molar-refractivity contribution < 1.29 is 9.72 Å². The van der Waals surface area contributed by atoms with E-state index in [-0.39, 0.29) is 17.5 Å². The summed E-state index contributed by atoms with van der Waals surface area (Å²) in [5.41, 5.74) is 1.13. The second kappa shape index (κ2) is 6.50. The second-order valence-corrected chi connectivity index (χ2v) is 5.65. The molecule has 0 aromatic heterocycles. The molecule has 20 heavy (non-hydrogen) atoms. The highest BCUT2D eigenvalue weighted by Crippen LogP contribution is 2.28. The average molecular weight is 278 g/mol. The number of non-ortho nitro benzene ring substituents is 1. The monoisotopic (exact) mass is 278 g/mol. The Kier molecular flexibility index (Phi) is 5.25. The van der Waals surface area contributed by atoms with Crippen LogP contribution in [0.5, 0.6) is 0 Å². The van der Waals surface area contributed by atoms with Gasteiger partial charge in [0.25, 0.3) is 5.69 Å². The normalized spacial score (nSPS) is 10.9. The lowest BCUT2D eigenvalue weighted by Gasteiger charge is -2.32. The summed E-state index contributed by atoms with van der Waals surface area (Å²) >= 11 is 0. The van der Waals surface area contributed by atoms with Gasteiger partial charge >= 0.3 is 0 Å². The van der Waals surface area contributed by atoms with E-state index < -0.39 is 4.92 Å². The molecule has 1 aromatic rings. The summed E-state index contributed by atoms with van der Waals surface area (Å²) in [6, 6.07) is 4.72. The number of rotatable bonds is 6. The van der Waals surface area contributed by atoms with Crippen LogP contribution in [0.25, 0.3) is 0 Å². The van der Waals surface area contributed by atoms with Crippen molar-refractivity contribution in [2.24, 2.45) is 5.92 Å². The second-order valence-electron chi connectivity index (χ2n) is 5.65. The highest BCUT2D eigenvalue weighted by atomic mass is 16.6. The topological polar surface area (TPSA) is 63.4 Å². The molecule has 0 saturated carbocycles. The first-order valence-electron chi connectivity index (χ1n) is 6.80. The quantitative estimate of drug-likeness (QED) is 0.452. The number of ketones is 1. The van der Waals surface area contributed by atoms with Crippen LogP contribution in [-0.2, 0) is 0 Å². The SMILES string of the molecule is CC(=O)c1cc([N+](=O)[O-])ccc1N(CC(C)C)C(C)C. The van der Waals surface area contributed by atoms with E-state index in [1.165, 1.54) is 19.1 Å². The summed E-state index contributed by atoms with van der Waals surface area (Å²) in [4.78, 5) is 24.3. The molecule has 1 aromatic carbocycles. The predicted molar refractivity (Wildman–Crippen MR) is 80.4 cm³/mol.